The first kappa shape index (κ1) is 10.5. The second kappa shape index (κ2) is 4.65. The molecule has 1 heterocycles. The Hall–Kier alpha value is -2.04. The molecule has 0 unspecified atom stereocenters. The van der Waals surface area contributed by atoms with E-state index in [0.29, 0.717) is 19.5 Å². The van der Waals surface area contributed by atoms with Crippen LogP contribution in [0.15, 0.2) is 30.3 Å². The van der Waals surface area contributed by atoms with Crippen LogP contribution in [0.1, 0.15) is 0 Å². The van der Waals surface area contributed by atoms with Crippen molar-refractivity contribution in [2.45, 2.75) is 6.10 Å². The third-order valence-electron chi connectivity index (χ3n) is 2.36. The Morgan fingerprint density at radius 3 is 2.69 bits per heavy atom. The molecule has 0 bridgehead atoms. The van der Waals surface area contributed by atoms with E-state index in [1.807, 2.05) is 30.3 Å². The van der Waals surface area contributed by atoms with Crippen molar-refractivity contribution in [1.82, 2.24) is 10.2 Å². The minimum absolute atomic E-state index is 0.0137. The minimum atomic E-state index is -0.372. The standard InChI is InChI=1S/C11H12N2O3/c14-8-12-11(15)13-6-10(7-13)16-9-4-2-1-3-5-9/h1-5,8,10H,6-7H2,(H,12,14,15). The van der Waals surface area contributed by atoms with E-state index in [-0.39, 0.29) is 12.1 Å². The zero-order valence-electron chi connectivity index (χ0n) is 8.63. The van der Waals surface area contributed by atoms with Gasteiger partial charge in [-0.15, -0.1) is 0 Å². The molecule has 5 heteroatoms. The van der Waals surface area contributed by atoms with Crippen molar-refractivity contribution >= 4 is 12.4 Å². The number of hydrogen-bond donors (Lipinski definition) is 1. The number of rotatable bonds is 3. The van der Waals surface area contributed by atoms with Crippen LogP contribution in [0.25, 0.3) is 0 Å². The average Bonchev–Trinajstić information content (AvgIpc) is 2.24. The highest BCUT2D eigenvalue weighted by Crippen LogP contribution is 2.17. The Balaban J connectivity index is 1.77. The molecule has 1 aliphatic rings. The average molecular weight is 220 g/mol. The van der Waals surface area contributed by atoms with Gasteiger partial charge in [0.15, 0.2) is 0 Å². The molecule has 0 radical (unpaired) electrons. The summed E-state index contributed by atoms with van der Waals surface area (Å²) in [5.74, 6) is 0.794. The maximum atomic E-state index is 11.2. The van der Waals surface area contributed by atoms with Crippen LogP contribution in [0.3, 0.4) is 0 Å². The normalized spacial score (nSPS) is 15.1. The summed E-state index contributed by atoms with van der Waals surface area (Å²) in [7, 11) is 0. The van der Waals surface area contributed by atoms with Crippen molar-refractivity contribution in [2.75, 3.05) is 13.1 Å². The van der Waals surface area contributed by atoms with Crippen LogP contribution < -0.4 is 10.1 Å². The summed E-state index contributed by atoms with van der Waals surface area (Å²) in [5, 5.41) is 2.08. The molecule has 2 rings (SSSR count). The number of amides is 3. The number of hydrogen-bond acceptors (Lipinski definition) is 3. The molecule has 1 fully saturated rings. The van der Waals surface area contributed by atoms with Crippen LogP contribution in [0.5, 0.6) is 5.75 Å². The molecule has 5 nitrogen and oxygen atoms in total. The SMILES string of the molecule is O=CNC(=O)N1CC(Oc2ccccc2)C1. The summed E-state index contributed by atoms with van der Waals surface area (Å²) in [5.41, 5.74) is 0. The highest BCUT2D eigenvalue weighted by Gasteiger charge is 2.31. The quantitative estimate of drug-likeness (QED) is 0.759. The highest BCUT2D eigenvalue weighted by molar-refractivity contribution is 5.85. The fraction of sp³-hybridized carbons (Fsp3) is 0.273. The van der Waals surface area contributed by atoms with E-state index < -0.39 is 0 Å². The van der Waals surface area contributed by atoms with Gasteiger partial charge in [0.1, 0.15) is 11.9 Å². The Bertz CT molecular complexity index is 374. The van der Waals surface area contributed by atoms with Crippen molar-refractivity contribution in [3.63, 3.8) is 0 Å². The molecule has 0 atom stereocenters. The molecule has 0 saturated carbocycles. The molecule has 1 aliphatic heterocycles. The number of nitrogens with one attached hydrogen (secondary N) is 1. The number of imide groups is 1. The fourth-order valence-corrected chi connectivity index (χ4v) is 1.51. The molecule has 0 aliphatic carbocycles. The third-order valence-corrected chi connectivity index (χ3v) is 2.36. The minimum Gasteiger partial charge on any atom is -0.487 e. The lowest BCUT2D eigenvalue weighted by Gasteiger charge is -2.38. The Morgan fingerprint density at radius 2 is 2.06 bits per heavy atom. The number of para-hydroxylation sites is 1. The molecule has 1 N–H and O–H groups in total. The number of urea groups is 1. The number of benzene rings is 1. The van der Waals surface area contributed by atoms with Crippen LogP contribution in [-0.2, 0) is 4.79 Å². The zero-order valence-corrected chi connectivity index (χ0v) is 8.63. The lowest BCUT2D eigenvalue weighted by Crippen LogP contribution is -2.58. The highest BCUT2D eigenvalue weighted by atomic mass is 16.5. The van der Waals surface area contributed by atoms with E-state index in [4.69, 9.17) is 4.74 Å². The second-order valence-electron chi connectivity index (χ2n) is 3.53. The molecular weight excluding hydrogens is 208 g/mol. The third kappa shape index (κ3) is 2.31. The van der Waals surface area contributed by atoms with Crippen molar-refractivity contribution < 1.29 is 14.3 Å². The topological polar surface area (TPSA) is 58.6 Å². The van der Waals surface area contributed by atoms with Gasteiger partial charge in [0.25, 0.3) is 0 Å². The van der Waals surface area contributed by atoms with Crippen LogP contribution in [-0.4, -0.2) is 36.5 Å². The largest absolute Gasteiger partial charge is 0.487 e. The van der Waals surface area contributed by atoms with E-state index in [1.54, 1.807) is 0 Å². The lowest BCUT2D eigenvalue weighted by atomic mass is 10.2. The van der Waals surface area contributed by atoms with Gasteiger partial charge in [0, 0.05) is 0 Å². The zero-order chi connectivity index (χ0) is 11.4. The molecule has 84 valence electrons. The first-order valence-electron chi connectivity index (χ1n) is 5.00. The summed E-state index contributed by atoms with van der Waals surface area (Å²) >= 11 is 0. The smallest absolute Gasteiger partial charge is 0.324 e. The molecular formula is C11H12N2O3. The van der Waals surface area contributed by atoms with Gasteiger partial charge >= 0.3 is 6.03 Å². The number of carbonyl (C=O) groups is 2. The van der Waals surface area contributed by atoms with Crippen LogP contribution in [0.4, 0.5) is 4.79 Å². The van der Waals surface area contributed by atoms with E-state index in [9.17, 15) is 9.59 Å². The van der Waals surface area contributed by atoms with E-state index in [2.05, 4.69) is 5.32 Å². The van der Waals surface area contributed by atoms with Gasteiger partial charge in [-0.05, 0) is 12.1 Å². The van der Waals surface area contributed by atoms with E-state index >= 15 is 0 Å². The summed E-state index contributed by atoms with van der Waals surface area (Å²) in [4.78, 5) is 22.7. The van der Waals surface area contributed by atoms with Gasteiger partial charge in [0.2, 0.25) is 6.41 Å². The van der Waals surface area contributed by atoms with E-state index in [1.165, 1.54) is 4.90 Å². The summed E-state index contributed by atoms with van der Waals surface area (Å²) in [6.45, 7) is 1.02. The monoisotopic (exact) mass is 220 g/mol. The molecule has 3 amide bonds. The first-order chi connectivity index (χ1) is 7.79. The summed E-state index contributed by atoms with van der Waals surface area (Å²) in [6, 6.07) is 9.07. The number of nitrogens with zero attached hydrogens (tertiary/aromatic N) is 1. The fourth-order valence-electron chi connectivity index (χ4n) is 1.51. The molecule has 1 aromatic rings. The number of ether oxygens (including phenoxy) is 1. The van der Waals surface area contributed by atoms with Gasteiger partial charge in [0.05, 0.1) is 13.1 Å². The second-order valence-corrected chi connectivity index (χ2v) is 3.53. The molecule has 0 aromatic heterocycles. The van der Waals surface area contributed by atoms with Gasteiger partial charge in [-0.3, -0.25) is 10.1 Å². The maximum Gasteiger partial charge on any atom is 0.324 e. The molecule has 1 saturated heterocycles. The maximum absolute atomic E-state index is 11.2. The van der Waals surface area contributed by atoms with Crippen LogP contribution in [0.2, 0.25) is 0 Å². The van der Waals surface area contributed by atoms with Crippen molar-refractivity contribution in [2.24, 2.45) is 0 Å². The van der Waals surface area contributed by atoms with Crippen molar-refractivity contribution in [1.29, 1.82) is 0 Å². The van der Waals surface area contributed by atoms with Gasteiger partial charge in [-0.25, -0.2) is 4.79 Å². The summed E-state index contributed by atoms with van der Waals surface area (Å²) in [6.07, 6.45) is 0.396. The Labute approximate surface area is 93.0 Å². The summed E-state index contributed by atoms with van der Waals surface area (Å²) < 4.78 is 5.60. The van der Waals surface area contributed by atoms with Crippen molar-refractivity contribution in [3.05, 3.63) is 30.3 Å². The number of carbonyl (C=O) groups excluding carboxylic acids is 2. The first-order valence-corrected chi connectivity index (χ1v) is 5.00. The van der Waals surface area contributed by atoms with Gasteiger partial charge in [-0.2, -0.15) is 0 Å². The number of likely N-dealkylation sites (tertiary alicyclic amines) is 1. The lowest BCUT2D eigenvalue weighted by molar-refractivity contribution is -0.109. The van der Waals surface area contributed by atoms with E-state index in [0.717, 1.165) is 5.75 Å². The van der Waals surface area contributed by atoms with Gasteiger partial charge < -0.3 is 9.64 Å². The van der Waals surface area contributed by atoms with Gasteiger partial charge in [-0.1, -0.05) is 18.2 Å². The predicted octanol–water partition coefficient (Wildman–Crippen LogP) is 0.616. The predicted molar refractivity (Wildman–Crippen MR) is 57.0 cm³/mol. The molecule has 0 spiro atoms. The van der Waals surface area contributed by atoms with Crippen LogP contribution >= 0.6 is 0 Å². The Kier molecular flexibility index (Phi) is 3.05. The molecule has 16 heavy (non-hydrogen) atoms. The molecule has 1 aromatic carbocycles. The van der Waals surface area contributed by atoms with Crippen LogP contribution in [0, 0.1) is 0 Å². The Morgan fingerprint density at radius 1 is 1.38 bits per heavy atom. The van der Waals surface area contributed by atoms with Crippen molar-refractivity contribution in [3.8, 4) is 5.75 Å².